The number of aromatic amines is 1. The molecular formula is C18H14F6N6O2. The molecule has 0 unspecified atom stereocenters. The monoisotopic (exact) mass is 460 g/mol. The molecule has 3 rings (SSSR count). The molecular weight excluding hydrogens is 446 g/mol. The molecule has 0 radical (unpaired) electrons. The number of halogens is 6. The molecule has 4 N–H and O–H groups in total. The van der Waals surface area contributed by atoms with E-state index in [1.54, 1.807) is 0 Å². The van der Waals surface area contributed by atoms with Gasteiger partial charge in [-0.05, 0) is 17.7 Å². The molecule has 14 heteroatoms. The first-order valence-corrected chi connectivity index (χ1v) is 8.70. The summed E-state index contributed by atoms with van der Waals surface area (Å²) < 4.78 is 78.3. The van der Waals surface area contributed by atoms with E-state index in [2.05, 4.69) is 20.5 Å². The Morgan fingerprint density at radius 2 is 1.81 bits per heavy atom. The Morgan fingerprint density at radius 1 is 1.12 bits per heavy atom. The fourth-order valence-corrected chi connectivity index (χ4v) is 2.88. The summed E-state index contributed by atoms with van der Waals surface area (Å²) in [6, 6.07) is 1.05. The molecule has 0 spiro atoms. The molecule has 0 saturated carbocycles. The first-order valence-electron chi connectivity index (χ1n) is 8.70. The van der Waals surface area contributed by atoms with E-state index in [-0.39, 0.29) is 23.1 Å². The van der Waals surface area contributed by atoms with Gasteiger partial charge in [-0.25, -0.2) is 4.98 Å². The number of aromatic nitrogens is 3. The van der Waals surface area contributed by atoms with E-state index in [1.165, 1.54) is 6.20 Å². The number of hydrogen-bond acceptors (Lipinski definition) is 5. The van der Waals surface area contributed by atoms with Gasteiger partial charge in [0.15, 0.2) is 0 Å². The van der Waals surface area contributed by atoms with Gasteiger partial charge in [0, 0.05) is 13.6 Å². The number of hydrogen-bond donors (Lipinski definition) is 3. The molecule has 32 heavy (non-hydrogen) atoms. The quantitative estimate of drug-likeness (QED) is 0.410. The van der Waals surface area contributed by atoms with Gasteiger partial charge in [0.2, 0.25) is 0 Å². The lowest BCUT2D eigenvalue weighted by molar-refractivity contribution is -0.145. The van der Waals surface area contributed by atoms with Gasteiger partial charge >= 0.3 is 24.2 Å². The summed E-state index contributed by atoms with van der Waals surface area (Å²) in [6.07, 6.45) is -7.60. The Bertz CT molecular complexity index is 1190. The number of carbonyl (C=O) groups is 2. The van der Waals surface area contributed by atoms with Gasteiger partial charge in [-0.1, -0.05) is 6.07 Å². The highest BCUT2D eigenvalue weighted by atomic mass is 19.4. The summed E-state index contributed by atoms with van der Waals surface area (Å²) in [6.45, 7) is -0.765. The molecule has 1 aromatic carbocycles. The van der Waals surface area contributed by atoms with E-state index in [0.717, 1.165) is 13.2 Å². The number of rotatable bonds is 3. The molecule has 3 aromatic rings. The first kappa shape index (κ1) is 22.8. The minimum absolute atomic E-state index is 0.0390. The van der Waals surface area contributed by atoms with Gasteiger partial charge in [0.05, 0.1) is 40.1 Å². The van der Waals surface area contributed by atoms with E-state index in [0.29, 0.717) is 22.4 Å². The Labute approximate surface area is 175 Å². The highest BCUT2D eigenvalue weighted by Crippen LogP contribution is 2.37. The average Bonchev–Trinajstić information content (AvgIpc) is 3.19. The molecule has 8 nitrogen and oxygen atoms in total. The molecule has 2 heterocycles. The molecule has 170 valence electrons. The minimum Gasteiger partial charge on any atom is -0.383 e. The Balaban J connectivity index is 1.81. The second-order valence-corrected chi connectivity index (χ2v) is 6.70. The van der Waals surface area contributed by atoms with Crippen molar-refractivity contribution in [1.82, 2.24) is 20.1 Å². The zero-order valence-corrected chi connectivity index (χ0v) is 16.1. The lowest BCUT2D eigenvalue weighted by Crippen LogP contribution is -2.37. The van der Waals surface area contributed by atoms with Gasteiger partial charge < -0.3 is 16.0 Å². The second kappa shape index (κ2) is 8.01. The Morgan fingerprint density at radius 3 is 2.44 bits per heavy atom. The van der Waals surface area contributed by atoms with Crippen LogP contribution >= 0.6 is 0 Å². The zero-order chi connectivity index (χ0) is 23.8. The first-order chi connectivity index (χ1) is 14.8. The molecule has 0 atom stereocenters. The van der Waals surface area contributed by atoms with Crippen LogP contribution < -0.4 is 11.1 Å². The fourth-order valence-electron chi connectivity index (χ4n) is 2.88. The van der Waals surface area contributed by atoms with Crippen molar-refractivity contribution in [3.8, 4) is 0 Å². The number of likely N-dealkylation sites (N-methyl/N-ethyl adjacent to an activating group) is 1. The average molecular weight is 460 g/mol. The number of benzene rings is 1. The number of anilines is 2. The topological polar surface area (TPSA) is 117 Å². The van der Waals surface area contributed by atoms with Crippen LogP contribution in [0.1, 0.15) is 16.7 Å². The van der Waals surface area contributed by atoms with E-state index in [4.69, 9.17) is 5.73 Å². The van der Waals surface area contributed by atoms with Crippen LogP contribution in [0.2, 0.25) is 0 Å². The van der Waals surface area contributed by atoms with Crippen molar-refractivity contribution in [1.29, 1.82) is 0 Å². The van der Waals surface area contributed by atoms with Crippen LogP contribution in [0.15, 0.2) is 30.6 Å². The number of amides is 2. The third-order valence-electron chi connectivity index (χ3n) is 4.46. The number of nitrogens with zero attached hydrogens (tertiary/aromatic N) is 3. The molecule has 2 aromatic heterocycles. The summed E-state index contributed by atoms with van der Waals surface area (Å²) in [5, 5.41) is 8.91. The van der Waals surface area contributed by atoms with Crippen molar-refractivity contribution in [3.63, 3.8) is 0 Å². The Kier molecular flexibility index (Phi) is 5.72. The molecule has 0 aliphatic heterocycles. The van der Waals surface area contributed by atoms with Crippen LogP contribution in [0.3, 0.4) is 0 Å². The summed E-state index contributed by atoms with van der Waals surface area (Å²) in [4.78, 5) is 29.1. The van der Waals surface area contributed by atoms with Crippen molar-refractivity contribution in [2.24, 2.45) is 0 Å². The van der Waals surface area contributed by atoms with Crippen LogP contribution in [-0.2, 0) is 28.5 Å². The zero-order valence-electron chi connectivity index (χ0n) is 16.1. The smallest absolute Gasteiger partial charge is 0.383 e. The maximum absolute atomic E-state index is 13.3. The maximum atomic E-state index is 13.3. The standard InChI is InChI=1S/C18H14F6N6O2/c1-30(7-8-2-3-9(17(19,20)21)4-11(8)18(22,23)24)16(32)15(31)28-12-6-26-14(25)10-5-27-29-13(10)12/h2-6H,7H2,1H3,(H2,25,26)(H,27,29)(H,28,31). The number of nitrogens with two attached hydrogens (primary N) is 1. The number of pyridine rings is 1. The lowest BCUT2D eigenvalue weighted by atomic mass is 10.0. The van der Waals surface area contributed by atoms with Crippen molar-refractivity contribution in [2.75, 3.05) is 18.1 Å². The van der Waals surface area contributed by atoms with E-state index in [9.17, 15) is 35.9 Å². The van der Waals surface area contributed by atoms with Gasteiger partial charge in [-0.3, -0.25) is 14.7 Å². The van der Waals surface area contributed by atoms with Gasteiger partial charge in [-0.15, -0.1) is 0 Å². The van der Waals surface area contributed by atoms with Crippen LogP contribution in [-0.4, -0.2) is 38.9 Å². The largest absolute Gasteiger partial charge is 0.416 e. The maximum Gasteiger partial charge on any atom is 0.416 e. The fraction of sp³-hybridized carbons (Fsp3) is 0.222. The molecule has 0 aliphatic carbocycles. The van der Waals surface area contributed by atoms with Crippen molar-refractivity contribution >= 4 is 34.2 Å². The third-order valence-corrected chi connectivity index (χ3v) is 4.46. The number of alkyl halides is 6. The van der Waals surface area contributed by atoms with Gasteiger partial charge in [-0.2, -0.15) is 31.4 Å². The molecule has 0 bridgehead atoms. The summed E-state index contributed by atoms with van der Waals surface area (Å²) in [5.74, 6) is -2.34. The summed E-state index contributed by atoms with van der Waals surface area (Å²) in [5.41, 5.74) is 2.31. The van der Waals surface area contributed by atoms with Crippen molar-refractivity contribution < 1.29 is 35.9 Å². The number of nitrogen functional groups attached to an aromatic ring is 1. The van der Waals surface area contributed by atoms with Crippen molar-refractivity contribution in [2.45, 2.75) is 18.9 Å². The summed E-state index contributed by atoms with van der Waals surface area (Å²) >= 11 is 0. The van der Waals surface area contributed by atoms with Gasteiger partial charge in [0.25, 0.3) is 0 Å². The SMILES string of the molecule is CN(Cc1ccc(C(F)(F)F)cc1C(F)(F)F)C(=O)C(=O)Nc1cnc(N)c2cn[nH]c12. The van der Waals surface area contributed by atoms with E-state index in [1.807, 2.05) is 0 Å². The number of fused-ring (bicyclic) bond motifs is 1. The van der Waals surface area contributed by atoms with Crippen LogP contribution in [0, 0.1) is 0 Å². The number of nitrogens with one attached hydrogen (secondary N) is 2. The van der Waals surface area contributed by atoms with Crippen LogP contribution in [0.4, 0.5) is 37.8 Å². The number of carbonyl (C=O) groups excluding carboxylic acids is 2. The highest BCUT2D eigenvalue weighted by Gasteiger charge is 2.38. The van der Waals surface area contributed by atoms with Crippen molar-refractivity contribution in [3.05, 3.63) is 47.3 Å². The summed E-state index contributed by atoms with van der Waals surface area (Å²) in [7, 11) is 1.03. The lowest BCUT2D eigenvalue weighted by Gasteiger charge is -2.21. The number of H-pyrrole nitrogens is 1. The molecule has 2 amide bonds. The second-order valence-electron chi connectivity index (χ2n) is 6.70. The molecule has 0 fully saturated rings. The molecule has 0 saturated heterocycles. The highest BCUT2D eigenvalue weighted by molar-refractivity contribution is 6.40. The predicted molar refractivity (Wildman–Crippen MR) is 99.9 cm³/mol. The Hall–Kier alpha value is -3.84. The van der Waals surface area contributed by atoms with Gasteiger partial charge in [0.1, 0.15) is 5.82 Å². The minimum atomic E-state index is -5.11. The van der Waals surface area contributed by atoms with E-state index < -0.39 is 47.4 Å². The predicted octanol–water partition coefficient (Wildman–Crippen LogP) is 3.17. The molecule has 0 aliphatic rings. The third kappa shape index (κ3) is 4.58. The normalized spacial score (nSPS) is 12.1. The van der Waals surface area contributed by atoms with Crippen LogP contribution in [0.25, 0.3) is 10.9 Å². The van der Waals surface area contributed by atoms with E-state index >= 15 is 0 Å². The van der Waals surface area contributed by atoms with Crippen LogP contribution in [0.5, 0.6) is 0 Å².